The van der Waals surface area contributed by atoms with Crippen LogP contribution in [0.1, 0.15) is 27.3 Å². The first-order chi connectivity index (χ1) is 14.5. The van der Waals surface area contributed by atoms with Gasteiger partial charge in [0.2, 0.25) is 0 Å². The Morgan fingerprint density at radius 2 is 1.77 bits per heavy atom. The minimum Gasteiger partial charge on any atom is -0.485 e. The summed E-state index contributed by atoms with van der Waals surface area (Å²) in [6.07, 6.45) is 0. The molecule has 0 aliphatic rings. The van der Waals surface area contributed by atoms with Gasteiger partial charge in [-0.1, -0.05) is 29.8 Å². The summed E-state index contributed by atoms with van der Waals surface area (Å²) in [5, 5.41) is 9.28. The molecule has 4 aromatic rings. The molecule has 0 atom stereocenters. The van der Waals surface area contributed by atoms with Crippen LogP contribution in [0, 0.1) is 12.7 Å². The van der Waals surface area contributed by atoms with E-state index < -0.39 is 5.97 Å². The zero-order valence-corrected chi connectivity index (χ0v) is 16.2. The van der Waals surface area contributed by atoms with Crippen molar-refractivity contribution < 1.29 is 23.8 Å². The largest absolute Gasteiger partial charge is 0.485 e. The third-order valence-electron chi connectivity index (χ3n) is 4.56. The van der Waals surface area contributed by atoms with Crippen molar-refractivity contribution in [3.05, 3.63) is 89.0 Å². The first kappa shape index (κ1) is 19.4. The molecule has 1 heterocycles. The van der Waals surface area contributed by atoms with Gasteiger partial charge in [0.15, 0.2) is 11.5 Å². The van der Waals surface area contributed by atoms with E-state index in [1.807, 2.05) is 31.2 Å². The number of benzene rings is 3. The number of carboxylic acids is 1. The molecule has 0 radical (unpaired) electrons. The van der Waals surface area contributed by atoms with Crippen molar-refractivity contribution in [3.63, 3.8) is 0 Å². The number of halogens is 1. The van der Waals surface area contributed by atoms with Crippen molar-refractivity contribution in [1.82, 2.24) is 9.97 Å². The fraction of sp³-hybridized carbons (Fsp3) is 0.130. The molecule has 0 fully saturated rings. The summed E-state index contributed by atoms with van der Waals surface area (Å²) in [6.45, 7) is 2.35. The molecule has 152 valence electrons. The lowest BCUT2D eigenvalue weighted by Crippen LogP contribution is -2.04. The Hall–Kier alpha value is -3.87. The Balaban J connectivity index is 1.53. The molecule has 0 aliphatic carbocycles. The summed E-state index contributed by atoms with van der Waals surface area (Å²) in [7, 11) is 0. The van der Waals surface area contributed by atoms with Crippen molar-refractivity contribution in [1.29, 1.82) is 0 Å². The van der Waals surface area contributed by atoms with Crippen LogP contribution in [-0.4, -0.2) is 21.0 Å². The number of ether oxygens (including phenoxy) is 2. The third kappa shape index (κ3) is 4.41. The smallest absolute Gasteiger partial charge is 0.335 e. The van der Waals surface area contributed by atoms with Crippen molar-refractivity contribution in [3.8, 4) is 11.5 Å². The van der Waals surface area contributed by atoms with Crippen LogP contribution in [0.5, 0.6) is 11.5 Å². The number of hydrogen-bond donors (Lipinski definition) is 2. The number of imidazole rings is 1. The molecule has 6 nitrogen and oxygen atoms in total. The first-order valence-electron chi connectivity index (χ1n) is 9.30. The van der Waals surface area contributed by atoms with Crippen LogP contribution in [0.3, 0.4) is 0 Å². The van der Waals surface area contributed by atoms with Crippen molar-refractivity contribution in [2.75, 3.05) is 0 Å². The van der Waals surface area contributed by atoms with E-state index in [1.165, 1.54) is 24.3 Å². The van der Waals surface area contributed by atoms with Crippen LogP contribution in [0.2, 0.25) is 0 Å². The second kappa shape index (κ2) is 8.24. The number of hydrogen-bond acceptors (Lipinski definition) is 4. The number of H-pyrrole nitrogens is 1. The second-order valence-electron chi connectivity index (χ2n) is 6.87. The van der Waals surface area contributed by atoms with Gasteiger partial charge in [0.05, 0.1) is 16.6 Å². The standard InChI is InChI=1S/C23H19FN2O4/c1-14-2-4-15(5-3-14)12-29-21-10-16(23(27)28)6-9-20(21)30-13-22-25-18-8-7-17(24)11-19(18)26-22/h2-11H,12-13H2,1H3,(H,25,26)(H,27,28). The van der Waals surface area contributed by atoms with E-state index in [0.717, 1.165) is 11.1 Å². The van der Waals surface area contributed by atoms with Crippen LogP contribution >= 0.6 is 0 Å². The molecule has 0 unspecified atom stereocenters. The summed E-state index contributed by atoms with van der Waals surface area (Å²) in [4.78, 5) is 18.7. The average molecular weight is 406 g/mol. The van der Waals surface area contributed by atoms with Crippen LogP contribution in [-0.2, 0) is 13.2 Å². The summed E-state index contributed by atoms with van der Waals surface area (Å²) >= 11 is 0. The zero-order valence-electron chi connectivity index (χ0n) is 16.2. The number of rotatable bonds is 7. The van der Waals surface area contributed by atoms with Crippen molar-refractivity contribution >= 4 is 17.0 Å². The molecule has 0 saturated carbocycles. The van der Waals surface area contributed by atoms with E-state index >= 15 is 0 Å². The SMILES string of the molecule is Cc1ccc(COc2cc(C(=O)O)ccc2OCc2nc3ccc(F)cc3[nH]2)cc1. The summed E-state index contributed by atoms with van der Waals surface area (Å²) in [6, 6.07) is 16.6. The molecule has 7 heteroatoms. The predicted octanol–water partition coefficient (Wildman–Crippen LogP) is 4.87. The number of aromatic carboxylic acids is 1. The maximum Gasteiger partial charge on any atom is 0.335 e. The highest BCUT2D eigenvalue weighted by molar-refractivity contribution is 5.88. The van der Waals surface area contributed by atoms with Crippen LogP contribution in [0.4, 0.5) is 4.39 Å². The van der Waals surface area contributed by atoms with E-state index in [1.54, 1.807) is 12.1 Å². The van der Waals surface area contributed by atoms with Gasteiger partial charge in [-0.3, -0.25) is 0 Å². The predicted molar refractivity (Wildman–Crippen MR) is 109 cm³/mol. The number of aromatic nitrogens is 2. The number of nitrogens with zero attached hydrogens (tertiary/aromatic N) is 1. The molecule has 4 rings (SSSR count). The topological polar surface area (TPSA) is 84.4 Å². The lowest BCUT2D eigenvalue weighted by atomic mass is 10.1. The number of aromatic amines is 1. The normalized spacial score (nSPS) is 10.9. The van der Waals surface area contributed by atoms with Gasteiger partial charge in [0.1, 0.15) is 24.9 Å². The molecular weight excluding hydrogens is 387 g/mol. The lowest BCUT2D eigenvalue weighted by molar-refractivity contribution is 0.0696. The van der Waals surface area contributed by atoms with Gasteiger partial charge in [-0.15, -0.1) is 0 Å². The fourth-order valence-corrected chi connectivity index (χ4v) is 2.97. The minimum absolute atomic E-state index is 0.0869. The van der Waals surface area contributed by atoms with E-state index in [0.29, 0.717) is 28.4 Å². The quantitative estimate of drug-likeness (QED) is 0.458. The molecule has 0 aliphatic heterocycles. The molecule has 1 aromatic heterocycles. The number of nitrogens with one attached hydrogen (secondary N) is 1. The molecule has 2 N–H and O–H groups in total. The Morgan fingerprint density at radius 3 is 2.53 bits per heavy atom. The van der Waals surface area contributed by atoms with Gasteiger partial charge < -0.3 is 19.6 Å². The highest BCUT2D eigenvalue weighted by Crippen LogP contribution is 2.30. The lowest BCUT2D eigenvalue weighted by Gasteiger charge is -2.13. The molecule has 0 amide bonds. The maximum absolute atomic E-state index is 13.4. The van der Waals surface area contributed by atoms with Gasteiger partial charge >= 0.3 is 5.97 Å². The summed E-state index contributed by atoms with van der Waals surface area (Å²) in [5.74, 6) is -0.186. The Bertz CT molecular complexity index is 1200. The van der Waals surface area contributed by atoms with Gasteiger partial charge in [0.25, 0.3) is 0 Å². The van der Waals surface area contributed by atoms with Crippen LogP contribution in [0.25, 0.3) is 11.0 Å². The van der Waals surface area contributed by atoms with Crippen LogP contribution < -0.4 is 9.47 Å². The third-order valence-corrected chi connectivity index (χ3v) is 4.56. The van der Waals surface area contributed by atoms with Crippen LogP contribution in [0.15, 0.2) is 60.7 Å². The zero-order chi connectivity index (χ0) is 21.1. The van der Waals surface area contributed by atoms with Gasteiger partial charge in [-0.05, 0) is 48.9 Å². The summed E-state index contributed by atoms with van der Waals surface area (Å²) in [5.41, 5.74) is 3.39. The monoisotopic (exact) mass is 406 g/mol. The minimum atomic E-state index is -1.05. The number of carboxylic acid groups (broad SMARTS) is 1. The molecule has 30 heavy (non-hydrogen) atoms. The van der Waals surface area contributed by atoms with Crippen molar-refractivity contribution in [2.24, 2.45) is 0 Å². The molecule has 0 spiro atoms. The van der Waals surface area contributed by atoms with Gasteiger partial charge in [-0.25, -0.2) is 14.2 Å². The van der Waals surface area contributed by atoms with Gasteiger partial charge in [-0.2, -0.15) is 0 Å². The fourth-order valence-electron chi connectivity index (χ4n) is 2.97. The van der Waals surface area contributed by atoms with E-state index in [2.05, 4.69) is 9.97 Å². The average Bonchev–Trinajstić information content (AvgIpc) is 3.14. The molecule has 0 bridgehead atoms. The van der Waals surface area contributed by atoms with Crippen molar-refractivity contribution in [2.45, 2.75) is 20.1 Å². The highest BCUT2D eigenvalue weighted by atomic mass is 19.1. The number of carbonyl (C=O) groups is 1. The van der Waals surface area contributed by atoms with E-state index in [-0.39, 0.29) is 24.6 Å². The maximum atomic E-state index is 13.4. The van der Waals surface area contributed by atoms with E-state index in [4.69, 9.17) is 9.47 Å². The molecule has 0 saturated heterocycles. The summed E-state index contributed by atoms with van der Waals surface area (Å²) < 4.78 is 25.0. The second-order valence-corrected chi connectivity index (χ2v) is 6.87. The Morgan fingerprint density at radius 1 is 1.00 bits per heavy atom. The number of fused-ring (bicyclic) bond motifs is 1. The molecule has 3 aromatic carbocycles. The molecular formula is C23H19FN2O4. The Labute approximate surface area is 171 Å². The first-order valence-corrected chi connectivity index (χ1v) is 9.30. The number of aryl methyl sites for hydroxylation is 1. The van der Waals surface area contributed by atoms with E-state index in [9.17, 15) is 14.3 Å². The highest BCUT2D eigenvalue weighted by Gasteiger charge is 2.13. The Kier molecular flexibility index (Phi) is 5.34. The van der Waals surface area contributed by atoms with Gasteiger partial charge in [0, 0.05) is 0 Å².